The molecule has 1 aliphatic heterocycles. The molecule has 38 heavy (non-hydrogen) atoms. The quantitative estimate of drug-likeness (QED) is 0.224. The van der Waals surface area contributed by atoms with Crippen molar-refractivity contribution in [1.29, 1.82) is 0 Å². The SMILES string of the molecule is COCC(C)(C)c1cc(Cl)cc([C@H](CC(=O)O)NC(=O)CNc2cc(O)cc(NC3=NCC(O)CN3)c2)c1. The second-order valence-electron chi connectivity index (χ2n) is 9.78. The van der Waals surface area contributed by atoms with Crippen molar-refractivity contribution in [1.82, 2.24) is 10.6 Å². The fourth-order valence-corrected chi connectivity index (χ4v) is 4.28. The molecule has 1 heterocycles. The van der Waals surface area contributed by atoms with Gasteiger partial charge in [-0.3, -0.25) is 14.6 Å². The molecule has 12 heteroatoms. The number of halogens is 1. The van der Waals surface area contributed by atoms with Crippen LogP contribution in [0.4, 0.5) is 11.4 Å². The van der Waals surface area contributed by atoms with E-state index in [1.165, 1.54) is 12.1 Å². The standard InChI is InChI=1S/C26H34ClN5O6/c1-26(2,14-38-3)16-4-15(5-17(27)6-16)22(10-24(36)37)32-23(35)13-28-18-7-19(9-20(33)8-18)31-25-29-11-21(34)12-30-25/h4-9,21-22,28,33-34H,10-14H2,1-3H3,(H,32,35)(H,36,37)(H2,29,30,31)/t22-/m0/s1. The third kappa shape index (κ3) is 8.51. The summed E-state index contributed by atoms with van der Waals surface area (Å²) in [5, 5.41) is 41.2. The normalized spacial score (nSPS) is 16.1. The number of carboxylic acid groups (broad SMARTS) is 1. The Bertz CT molecular complexity index is 1190. The largest absolute Gasteiger partial charge is 0.508 e. The van der Waals surface area contributed by atoms with Gasteiger partial charge < -0.3 is 41.3 Å². The van der Waals surface area contributed by atoms with Crippen LogP contribution in [0.25, 0.3) is 0 Å². The number of aromatic hydroxyl groups is 1. The van der Waals surface area contributed by atoms with Crippen LogP contribution in [0.3, 0.4) is 0 Å². The number of rotatable bonds is 11. The Balaban J connectivity index is 1.70. The van der Waals surface area contributed by atoms with Gasteiger partial charge in [0.2, 0.25) is 5.91 Å². The Morgan fingerprint density at radius 2 is 1.95 bits per heavy atom. The van der Waals surface area contributed by atoms with Gasteiger partial charge in [0.1, 0.15) is 5.75 Å². The van der Waals surface area contributed by atoms with Crippen molar-refractivity contribution in [2.45, 2.75) is 37.8 Å². The van der Waals surface area contributed by atoms with E-state index < -0.39 is 24.0 Å². The zero-order valence-electron chi connectivity index (χ0n) is 21.5. The van der Waals surface area contributed by atoms with E-state index in [0.29, 0.717) is 41.1 Å². The minimum Gasteiger partial charge on any atom is -0.508 e. The third-order valence-corrected chi connectivity index (χ3v) is 6.14. The van der Waals surface area contributed by atoms with Gasteiger partial charge in [0.15, 0.2) is 5.96 Å². The maximum absolute atomic E-state index is 12.8. The molecule has 1 aliphatic rings. The zero-order chi connectivity index (χ0) is 27.9. The first-order chi connectivity index (χ1) is 17.9. The Labute approximate surface area is 226 Å². The number of carboxylic acids is 1. The molecule has 0 saturated heterocycles. The van der Waals surface area contributed by atoms with Crippen molar-refractivity contribution >= 4 is 40.8 Å². The lowest BCUT2D eigenvalue weighted by Gasteiger charge is -2.27. The van der Waals surface area contributed by atoms with Crippen LogP contribution in [0.15, 0.2) is 41.4 Å². The predicted molar refractivity (Wildman–Crippen MR) is 146 cm³/mol. The average Bonchev–Trinajstić information content (AvgIpc) is 2.83. The maximum atomic E-state index is 12.8. The smallest absolute Gasteiger partial charge is 0.305 e. The van der Waals surface area contributed by atoms with Gasteiger partial charge in [0, 0.05) is 47.6 Å². The number of phenolic OH excluding ortho intramolecular Hbond substituents is 1. The minimum absolute atomic E-state index is 0.0387. The van der Waals surface area contributed by atoms with Gasteiger partial charge >= 0.3 is 5.97 Å². The number of aliphatic carboxylic acids is 1. The van der Waals surface area contributed by atoms with Crippen LogP contribution in [0.1, 0.15) is 37.4 Å². The molecule has 0 spiro atoms. The van der Waals surface area contributed by atoms with Crippen molar-refractivity contribution in [3.05, 3.63) is 52.5 Å². The number of aliphatic hydroxyl groups excluding tert-OH is 1. The molecule has 2 atom stereocenters. The van der Waals surface area contributed by atoms with Crippen molar-refractivity contribution < 1.29 is 29.6 Å². The number of benzene rings is 2. The van der Waals surface area contributed by atoms with E-state index in [4.69, 9.17) is 16.3 Å². The van der Waals surface area contributed by atoms with E-state index in [-0.39, 0.29) is 30.7 Å². The van der Waals surface area contributed by atoms with E-state index in [0.717, 1.165) is 5.56 Å². The molecule has 3 rings (SSSR count). The van der Waals surface area contributed by atoms with E-state index in [2.05, 4.69) is 26.3 Å². The summed E-state index contributed by atoms with van der Waals surface area (Å²) >= 11 is 6.35. The Morgan fingerprint density at radius 3 is 2.61 bits per heavy atom. The van der Waals surface area contributed by atoms with Crippen LogP contribution in [0.5, 0.6) is 5.75 Å². The molecule has 7 N–H and O–H groups in total. The lowest BCUT2D eigenvalue weighted by atomic mass is 9.84. The molecule has 2 aromatic rings. The van der Waals surface area contributed by atoms with Crippen LogP contribution in [-0.4, -0.2) is 72.6 Å². The molecular formula is C26H34ClN5O6. The molecule has 0 aliphatic carbocycles. The summed E-state index contributed by atoms with van der Waals surface area (Å²) < 4.78 is 5.31. The predicted octanol–water partition coefficient (Wildman–Crippen LogP) is 2.45. The number of aliphatic hydroxyl groups is 1. The van der Waals surface area contributed by atoms with Crippen molar-refractivity contribution in [3.8, 4) is 5.75 Å². The molecule has 11 nitrogen and oxygen atoms in total. The van der Waals surface area contributed by atoms with E-state index in [9.17, 15) is 24.9 Å². The first kappa shape index (κ1) is 29.0. The maximum Gasteiger partial charge on any atom is 0.305 e. The number of amides is 1. The number of ether oxygens (including phenoxy) is 1. The molecule has 0 aromatic heterocycles. The highest BCUT2D eigenvalue weighted by Crippen LogP contribution is 2.31. The molecule has 1 amide bonds. The summed E-state index contributed by atoms with van der Waals surface area (Å²) in [6.07, 6.45) is -0.888. The minimum atomic E-state index is -1.07. The number of carbonyl (C=O) groups is 2. The highest BCUT2D eigenvalue weighted by atomic mass is 35.5. The number of hydrogen-bond donors (Lipinski definition) is 7. The van der Waals surface area contributed by atoms with Crippen molar-refractivity contribution in [2.75, 3.05) is 44.0 Å². The molecule has 0 bridgehead atoms. The Kier molecular flexibility index (Phi) is 9.78. The molecule has 0 fully saturated rings. The lowest BCUT2D eigenvalue weighted by Crippen LogP contribution is -2.42. The van der Waals surface area contributed by atoms with Gasteiger partial charge in [-0.25, -0.2) is 0 Å². The number of β-amino-alcohol motifs (C(OH)–C–C–N with tert-alkyl or cyclic N) is 1. The van der Waals surface area contributed by atoms with Gasteiger partial charge in [-0.2, -0.15) is 0 Å². The van der Waals surface area contributed by atoms with Crippen LogP contribution in [0, 0.1) is 0 Å². The number of methoxy groups -OCH3 is 1. The highest BCUT2D eigenvalue weighted by Gasteiger charge is 2.25. The number of anilines is 2. The number of aliphatic imine (C=N–C) groups is 1. The van der Waals surface area contributed by atoms with Crippen LogP contribution in [-0.2, 0) is 19.7 Å². The van der Waals surface area contributed by atoms with Gasteiger partial charge in [0.05, 0.1) is 38.3 Å². The van der Waals surface area contributed by atoms with E-state index in [1.807, 2.05) is 19.9 Å². The molecule has 0 saturated carbocycles. The summed E-state index contributed by atoms with van der Waals surface area (Å²) in [6, 6.07) is 9.08. The summed E-state index contributed by atoms with van der Waals surface area (Å²) in [4.78, 5) is 28.6. The van der Waals surface area contributed by atoms with Gasteiger partial charge in [-0.15, -0.1) is 0 Å². The Morgan fingerprint density at radius 1 is 1.21 bits per heavy atom. The fraction of sp³-hybridized carbons (Fsp3) is 0.423. The number of nitrogens with zero attached hydrogens (tertiary/aromatic N) is 1. The number of guanidine groups is 1. The van der Waals surface area contributed by atoms with Crippen LogP contribution >= 0.6 is 11.6 Å². The van der Waals surface area contributed by atoms with E-state index in [1.54, 1.807) is 25.3 Å². The third-order valence-electron chi connectivity index (χ3n) is 5.92. The van der Waals surface area contributed by atoms with Gasteiger partial charge in [-0.1, -0.05) is 31.5 Å². The summed E-state index contributed by atoms with van der Waals surface area (Å²) in [5.41, 5.74) is 2.02. The number of carbonyl (C=O) groups excluding carboxylic acids is 1. The summed E-state index contributed by atoms with van der Waals surface area (Å²) in [7, 11) is 1.60. The number of phenols is 1. The van der Waals surface area contributed by atoms with Gasteiger partial charge in [0.25, 0.3) is 0 Å². The molecule has 2 aromatic carbocycles. The molecule has 1 unspecified atom stereocenters. The average molecular weight is 548 g/mol. The summed E-state index contributed by atoms with van der Waals surface area (Å²) in [5.74, 6) is -1.10. The molecule has 206 valence electrons. The number of hydrogen-bond acceptors (Lipinski definition) is 9. The first-order valence-electron chi connectivity index (χ1n) is 12.1. The molecule has 0 radical (unpaired) electrons. The van der Waals surface area contributed by atoms with E-state index >= 15 is 0 Å². The van der Waals surface area contributed by atoms with Crippen LogP contribution < -0.4 is 21.3 Å². The number of nitrogens with one attached hydrogen (secondary N) is 4. The van der Waals surface area contributed by atoms with Crippen molar-refractivity contribution in [2.24, 2.45) is 4.99 Å². The zero-order valence-corrected chi connectivity index (χ0v) is 22.3. The second-order valence-corrected chi connectivity index (χ2v) is 10.2. The van der Waals surface area contributed by atoms with Gasteiger partial charge in [-0.05, 0) is 29.3 Å². The summed E-state index contributed by atoms with van der Waals surface area (Å²) in [6.45, 7) is 4.84. The van der Waals surface area contributed by atoms with Crippen molar-refractivity contribution in [3.63, 3.8) is 0 Å². The monoisotopic (exact) mass is 547 g/mol. The topological polar surface area (TPSA) is 165 Å². The van der Waals surface area contributed by atoms with Crippen LogP contribution in [0.2, 0.25) is 5.02 Å². The second kappa shape index (κ2) is 12.8. The first-order valence-corrected chi connectivity index (χ1v) is 12.5. The Hall–Kier alpha value is -3.54. The highest BCUT2D eigenvalue weighted by molar-refractivity contribution is 6.30. The fourth-order valence-electron chi connectivity index (χ4n) is 4.04. The molecular weight excluding hydrogens is 514 g/mol. The lowest BCUT2D eigenvalue weighted by molar-refractivity contribution is -0.137.